The Morgan fingerprint density at radius 1 is 1.15 bits per heavy atom. The third kappa shape index (κ3) is 2.94. The van der Waals surface area contributed by atoms with Gasteiger partial charge in [0.25, 0.3) is 5.91 Å². The number of carbonyl (C=O) groups excluding carboxylic acids is 1. The molecule has 3 heterocycles. The van der Waals surface area contributed by atoms with Gasteiger partial charge >= 0.3 is 0 Å². The Labute approximate surface area is 158 Å². The molecule has 0 saturated carbocycles. The summed E-state index contributed by atoms with van der Waals surface area (Å²) in [5.41, 5.74) is 3.22. The number of hydrogen-bond donors (Lipinski definition) is 0. The van der Waals surface area contributed by atoms with E-state index >= 15 is 0 Å². The van der Waals surface area contributed by atoms with E-state index < -0.39 is 0 Å². The van der Waals surface area contributed by atoms with Gasteiger partial charge in [-0.1, -0.05) is 32.0 Å². The lowest BCUT2D eigenvalue weighted by atomic mass is 9.92. The van der Waals surface area contributed by atoms with Gasteiger partial charge in [-0.15, -0.1) is 11.3 Å². The van der Waals surface area contributed by atoms with Gasteiger partial charge in [0.2, 0.25) is 0 Å². The maximum Gasteiger partial charge on any atom is 0.264 e. The van der Waals surface area contributed by atoms with Crippen molar-refractivity contribution in [3.63, 3.8) is 0 Å². The monoisotopic (exact) mass is 367 g/mol. The molecule has 1 saturated heterocycles. The van der Waals surface area contributed by atoms with Crippen LogP contribution in [0.25, 0.3) is 15.9 Å². The van der Waals surface area contributed by atoms with E-state index in [1.807, 2.05) is 34.7 Å². The molecule has 1 amide bonds. The van der Waals surface area contributed by atoms with Gasteiger partial charge in [-0.2, -0.15) is 5.10 Å². The molecule has 1 aliphatic rings. The molecule has 4 nitrogen and oxygen atoms in total. The minimum atomic E-state index is 0.167. The molecule has 1 aliphatic heterocycles. The molecule has 136 valence electrons. The van der Waals surface area contributed by atoms with E-state index in [4.69, 9.17) is 5.10 Å². The number of rotatable bonds is 2. The molecule has 5 heteroatoms. The number of para-hydroxylation sites is 1. The first kappa shape index (κ1) is 17.3. The largest absolute Gasteiger partial charge is 0.337 e. The van der Waals surface area contributed by atoms with Crippen molar-refractivity contribution >= 4 is 27.5 Å². The van der Waals surface area contributed by atoms with Crippen molar-refractivity contribution in [3.8, 4) is 5.69 Å². The quantitative estimate of drug-likeness (QED) is 0.651. The Hall–Kier alpha value is -2.14. The number of carbonyl (C=O) groups is 1. The van der Waals surface area contributed by atoms with Crippen molar-refractivity contribution in [2.75, 3.05) is 13.1 Å². The minimum absolute atomic E-state index is 0.167. The van der Waals surface area contributed by atoms with Crippen molar-refractivity contribution < 1.29 is 4.79 Å². The highest BCUT2D eigenvalue weighted by molar-refractivity contribution is 7.20. The van der Waals surface area contributed by atoms with Crippen LogP contribution in [0.2, 0.25) is 0 Å². The van der Waals surface area contributed by atoms with Gasteiger partial charge in [-0.05, 0) is 49.8 Å². The first-order chi connectivity index (χ1) is 12.4. The second kappa shape index (κ2) is 6.54. The topological polar surface area (TPSA) is 38.1 Å². The molecule has 0 aliphatic carbocycles. The van der Waals surface area contributed by atoms with Gasteiger partial charge in [0, 0.05) is 18.5 Å². The Balaban J connectivity index is 1.73. The fourth-order valence-electron chi connectivity index (χ4n) is 4.10. The molecular weight excluding hydrogens is 342 g/mol. The van der Waals surface area contributed by atoms with E-state index in [0.29, 0.717) is 11.8 Å². The van der Waals surface area contributed by atoms with Crippen LogP contribution in [0.3, 0.4) is 0 Å². The molecule has 1 aromatic carbocycles. The standard InChI is InChI=1S/C21H25N3OS/c1-13-9-14(2)12-23(11-13)20(25)19-10-17-16(4)22-24(21(17)26-19)18-8-6-5-7-15(18)3/h5-8,10,13-14H,9,11-12H2,1-4H3/t13-,14+. The van der Waals surface area contributed by atoms with Gasteiger partial charge in [0.15, 0.2) is 0 Å². The maximum absolute atomic E-state index is 13.1. The summed E-state index contributed by atoms with van der Waals surface area (Å²) in [5.74, 6) is 1.31. The number of thiophene rings is 1. The van der Waals surface area contributed by atoms with Gasteiger partial charge < -0.3 is 4.90 Å². The van der Waals surface area contributed by atoms with Crippen molar-refractivity contribution in [1.82, 2.24) is 14.7 Å². The fourth-order valence-corrected chi connectivity index (χ4v) is 5.25. The van der Waals surface area contributed by atoms with E-state index in [1.165, 1.54) is 12.0 Å². The Bertz CT molecular complexity index is 961. The molecule has 0 bridgehead atoms. The normalized spacial score (nSPS) is 20.7. The Morgan fingerprint density at radius 3 is 2.54 bits per heavy atom. The van der Waals surface area contributed by atoms with Gasteiger partial charge in [-0.25, -0.2) is 4.68 Å². The van der Waals surface area contributed by atoms with Crippen LogP contribution in [-0.2, 0) is 0 Å². The fraction of sp³-hybridized carbons (Fsp3) is 0.429. The Morgan fingerprint density at radius 2 is 1.85 bits per heavy atom. The van der Waals surface area contributed by atoms with Crippen LogP contribution in [0.1, 0.15) is 41.2 Å². The van der Waals surface area contributed by atoms with Crippen LogP contribution in [0.5, 0.6) is 0 Å². The molecule has 2 aromatic heterocycles. The van der Waals surface area contributed by atoms with Crippen LogP contribution in [0.15, 0.2) is 30.3 Å². The third-order valence-electron chi connectivity index (χ3n) is 5.26. The number of likely N-dealkylation sites (tertiary alicyclic amines) is 1. The number of fused-ring (bicyclic) bond motifs is 1. The summed E-state index contributed by atoms with van der Waals surface area (Å²) >= 11 is 1.56. The van der Waals surface area contributed by atoms with Gasteiger partial charge in [0.05, 0.1) is 16.3 Å². The van der Waals surface area contributed by atoms with E-state index in [1.54, 1.807) is 11.3 Å². The summed E-state index contributed by atoms with van der Waals surface area (Å²) in [4.78, 5) is 17.0. The van der Waals surface area contributed by atoms with Gasteiger partial charge in [-0.3, -0.25) is 4.79 Å². The number of aromatic nitrogens is 2. The second-order valence-electron chi connectivity index (χ2n) is 7.77. The van der Waals surface area contributed by atoms with Crippen LogP contribution < -0.4 is 0 Å². The number of benzene rings is 1. The minimum Gasteiger partial charge on any atom is -0.337 e. The van der Waals surface area contributed by atoms with Crippen molar-refractivity contribution in [2.24, 2.45) is 11.8 Å². The maximum atomic E-state index is 13.1. The molecule has 2 atom stereocenters. The highest BCUT2D eigenvalue weighted by Crippen LogP contribution is 2.33. The molecule has 0 N–H and O–H groups in total. The second-order valence-corrected chi connectivity index (χ2v) is 8.80. The lowest BCUT2D eigenvalue weighted by Crippen LogP contribution is -2.42. The average Bonchev–Trinajstić information content (AvgIpc) is 3.15. The number of nitrogens with zero attached hydrogens (tertiary/aromatic N) is 3. The molecule has 3 aromatic rings. The highest BCUT2D eigenvalue weighted by Gasteiger charge is 2.28. The zero-order chi connectivity index (χ0) is 18.4. The number of piperidine rings is 1. The number of hydrogen-bond acceptors (Lipinski definition) is 3. The van der Waals surface area contributed by atoms with Crippen LogP contribution in [-0.4, -0.2) is 33.7 Å². The van der Waals surface area contributed by atoms with Crippen molar-refractivity contribution in [2.45, 2.75) is 34.1 Å². The first-order valence-corrected chi connectivity index (χ1v) is 10.1. The summed E-state index contributed by atoms with van der Waals surface area (Å²) in [7, 11) is 0. The van der Waals surface area contributed by atoms with Gasteiger partial charge in [0.1, 0.15) is 4.83 Å². The average molecular weight is 368 g/mol. The van der Waals surface area contributed by atoms with E-state index in [-0.39, 0.29) is 5.91 Å². The summed E-state index contributed by atoms with van der Waals surface area (Å²) in [6.07, 6.45) is 1.21. The molecule has 0 radical (unpaired) electrons. The predicted molar refractivity (Wildman–Crippen MR) is 107 cm³/mol. The molecular formula is C21H25N3OS. The van der Waals surface area contributed by atoms with E-state index in [9.17, 15) is 4.79 Å². The zero-order valence-corrected chi connectivity index (χ0v) is 16.6. The van der Waals surface area contributed by atoms with E-state index in [0.717, 1.165) is 39.6 Å². The van der Waals surface area contributed by atoms with Crippen molar-refractivity contribution in [1.29, 1.82) is 0 Å². The zero-order valence-electron chi connectivity index (χ0n) is 15.8. The van der Waals surface area contributed by atoms with Crippen LogP contribution in [0.4, 0.5) is 0 Å². The number of aryl methyl sites for hydroxylation is 2. The lowest BCUT2D eigenvalue weighted by Gasteiger charge is -2.34. The molecule has 1 fully saturated rings. The SMILES string of the molecule is Cc1ccccc1-n1nc(C)c2cc(C(=O)N3C[C@H](C)C[C@H](C)C3)sc21. The molecule has 0 spiro atoms. The van der Waals surface area contributed by atoms with Crippen LogP contribution in [0, 0.1) is 25.7 Å². The van der Waals surface area contributed by atoms with Crippen LogP contribution >= 0.6 is 11.3 Å². The lowest BCUT2D eigenvalue weighted by molar-refractivity contribution is 0.0628. The third-order valence-corrected chi connectivity index (χ3v) is 6.35. The Kier molecular flexibility index (Phi) is 4.35. The smallest absolute Gasteiger partial charge is 0.264 e. The molecule has 26 heavy (non-hydrogen) atoms. The summed E-state index contributed by atoms with van der Waals surface area (Å²) < 4.78 is 1.99. The summed E-state index contributed by atoms with van der Waals surface area (Å²) in [6, 6.07) is 10.3. The van der Waals surface area contributed by atoms with Crippen molar-refractivity contribution in [3.05, 3.63) is 46.5 Å². The first-order valence-electron chi connectivity index (χ1n) is 9.28. The highest BCUT2D eigenvalue weighted by atomic mass is 32.1. The summed E-state index contributed by atoms with van der Waals surface area (Å²) in [6.45, 7) is 10.3. The number of amides is 1. The predicted octanol–water partition coefficient (Wildman–Crippen LogP) is 4.82. The van der Waals surface area contributed by atoms with E-state index in [2.05, 4.69) is 32.9 Å². The summed E-state index contributed by atoms with van der Waals surface area (Å²) in [5, 5.41) is 5.80. The molecule has 4 rings (SSSR count). The molecule has 0 unspecified atom stereocenters.